The molecular formula is C17H26N4O4. The normalized spacial score (nSPS) is 23.6. The molecule has 0 radical (unpaired) electrons. The van der Waals surface area contributed by atoms with Crippen LogP contribution in [0.5, 0.6) is 0 Å². The second-order valence-corrected chi connectivity index (χ2v) is 7.15. The predicted molar refractivity (Wildman–Crippen MR) is 89.8 cm³/mol. The zero-order chi connectivity index (χ0) is 18.2. The van der Waals surface area contributed by atoms with Crippen LogP contribution in [-0.2, 0) is 22.7 Å². The number of carboxylic acid groups (broad SMARTS) is 1. The van der Waals surface area contributed by atoms with Crippen molar-refractivity contribution in [3.63, 3.8) is 0 Å². The lowest BCUT2D eigenvalue weighted by atomic mass is 9.77. The van der Waals surface area contributed by atoms with Crippen LogP contribution in [-0.4, -0.2) is 74.0 Å². The number of aryl methyl sites for hydroxylation is 1. The molecule has 138 valence electrons. The summed E-state index contributed by atoms with van der Waals surface area (Å²) < 4.78 is 1.75. The van der Waals surface area contributed by atoms with Crippen molar-refractivity contribution in [2.24, 2.45) is 5.92 Å². The van der Waals surface area contributed by atoms with E-state index in [1.165, 1.54) is 0 Å². The Morgan fingerprint density at radius 3 is 2.68 bits per heavy atom. The van der Waals surface area contributed by atoms with E-state index in [4.69, 9.17) is 5.11 Å². The molecule has 8 heteroatoms. The van der Waals surface area contributed by atoms with Gasteiger partial charge in [0.2, 0.25) is 5.91 Å². The summed E-state index contributed by atoms with van der Waals surface area (Å²) in [4.78, 5) is 27.6. The standard InChI is InChI=1S/C17H26N4O4/c1-12-13(11-21(18-12)7-8-22)10-20-5-3-17(4-6-20)14(16(24)25)9-15(23)19(17)2/h11,14,22H,3-10H2,1-2H3,(H,24,25)/t14-/m0/s1. The monoisotopic (exact) mass is 350 g/mol. The number of amides is 1. The molecule has 3 heterocycles. The minimum absolute atomic E-state index is 0.0593. The summed E-state index contributed by atoms with van der Waals surface area (Å²) in [6.07, 6.45) is 3.42. The van der Waals surface area contributed by atoms with Crippen LogP contribution >= 0.6 is 0 Å². The number of aromatic nitrogens is 2. The van der Waals surface area contributed by atoms with E-state index in [0.29, 0.717) is 19.4 Å². The number of likely N-dealkylation sites (tertiary alicyclic amines) is 2. The van der Waals surface area contributed by atoms with Crippen molar-refractivity contribution in [3.8, 4) is 0 Å². The van der Waals surface area contributed by atoms with Crippen molar-refractivity contribution in [2.45, 2.75) is 44.8 Å². The summed E-state index contributed by atoms with van der Waals surface area (Å²) in [7, 11) is 1.74. The predicted octanol–water partition coefficient (Wildman–Crippen LogP) is 0.0813. The Morgan fingerprint density at radius 2 is 2.08 bits per heavy atom. The van der Waals surface area contributed by atoms with Crippen LogP contribution in [0.25, 0.3) is 0 Å². The van der Waals surface area contributed by atoms with Gasteiger partial charge in [0.05, 0.1) is 30.3 Å². The molecule has 2 aliphatic rings. The first-order chi connectivity index (χ1) is 11.9. The zero-order valence-electron chi connectivity index (χ0n) is 14.8. The van der Waals surface area contributed by atoms with Gasteiger partial charge in [0.1, 0.15) is 0 Å². The molecule has 2 aliphatic heterocycles. The highest BCUT2D eigenvalue weighted by atomic mass is 16.4. The van der Waals surface area contributed by atoms with E-state index in [0.717, 1.165) is 30.9 Å². The minimum atomic E-state index is -0.868. The molecule has 1 spiro atoms. The average molecular weight is 350 g/mol. The highest BCUT2D eigenvalue weighted by Crippen LogP contribution is 2.43. The third-order valence-electron chi connectivity index (χ3n) is 5.86. The van der Waals surface area contributed by atoms with Crippen LogP contribution in [0.1, 0.15) is 30.5 Å². The number of nitrogens with zero attached hydrogens (tertiary/aromatic N) is 4. The molecule has 0 unspecified atom stereocenters. The molecule has 1 aromatic rings. The van der Waals surface area contributed by atoms with Crippen molar-refractivity contribution in [1.82, 2.24) is 19.6 Å². The van der Waals surface area contributed by atoms with Gasteiger partial charge in [-0.05, 0) is 19.8 Å². The number of carbonyl (C=O) groups is 2. The quantitative estimate of drug-likeness (QED) is 0.780. The Hall–Kier alpha value is -1.93. The number of rotatable bonds is 5. The molecule has 3 rings (SSSR count). The van der Waals surface area contributed by atoms with Gasteiger partial charge in [-0.25, -0.2) is 0 Å². The topological polar surface area (TPSA) is 98.9 Å². The van der Waals surface area contributed by atoms with Gasteiger partial charge in [-0.1, -0.05) is 0 Å². The van der Waals surface area contributed by atoms with Crippen molar-refractivity contribution >= 4 is 11.9 Å². The molecule has 1 aromatic heterocycles. The molecule has 0 saturated carbocycles. The van der Waals surface area contributed by atoms with E-state index in [-0.39, 0.29) is 18.9 Å². The Kier molecular flexibility index (Phi) is 4.83. The van der Waals surface area contributed by atoms with Gasteiger partial charge >= 0.3 is 5.97 Å². The summed E-state index contributed by atoms with van der Waals surface area (Å²) in [5, 5.41) is 23.0. The van der Waals surface area contributed by atoms with Crippen LogP contribution in [0, 0.1) is 12.8 Å². The highest BCUT2D eigenvalue weighted by Gasteiger charge is 2.55. The zero-order valence-corrected chi connectivity index (χ0v) is 14.8. The van der Waals surface area contributed by atoms with E-state index in [1.54, 1.807) is 16.6 Å². The van der Waals surface area contributed by atoms with Crippen LogP contribution in [0.2, 0.25) is 0 Å². The first-order valence-electron chi connectivity index (χ1n) is 8.73. The van der Waals surface area contributed by atoms with Gasteiger partial charge in [0, 0.05) is 44.9 Å². The van der Waals surface area contributed by atoms with Crippen molar-refractivity contribution < 1.29 is 19.8 Å². The van der Waals surface area contributed by atoms with Gasteiger partial charge in [-0.2, -0.15) is 5.10 Å². The number of carbonyl (C=O) groups excluding carboxylic acids is 1. The van der Waals surface area contributed by atoms with E-state index in [2.05, 4.69) is 10.00 Å². The lowest BCUT2D eigenvalue weighted by molar-refractivity contribution is -0.146. The maximum absolute atomic E-state index is 12.1. The summed E-state index contributed by atoms with van der Waals surface area (Å²) in [5.41, 5.74) is 1.52. The van der Waals surface area contributed by atoms with Crippen molar-refractivity contribution in [2.75, 3.05) is 26.7 Å². The van der Waals surface area contributed by atoms with Gasteiger partial charge in [0.15, 0.2) is 0 Å². The molecular weight excluding hydrogens is 324 g/mol. The van der Waals surface area contributed by atoms with Gasteiger partial charge in [0.25, 0.3) is 0 Å². The van der Waals surface area contributed by atoms with E-state index in [1.807, 2.05) is 13.1 Å². The van der Waals surface area contributed by atoms with E-state index >= 15 is 0 Å². The summed E-state index contributed by atoms with van der Waals surface area (Å²) in [6, 6.07) is 0. The van der Waals surface area contributed by atoms with E-state index in [9.17, 15) is 14.7 Å². The number of aliphatic hydroxyl groups is 1. The number of hydrogen-bond donors (Lipinski definition) is 2. The fourth-order valence-corrected chi connectivity index (χ4v) is 4.26. The second-order valence-electron chi connectivity index (χ2n) is 7.15. The average Bonchev–Trinajstić information content (AvgIpc) is 3.03. The molecule has 1 atom stereocenters. The van der Waals surface area contributed by atoms with Crippen molar-refractivity contribution in [1.29, 1.82) is 0 Å². The number of carboxylic acids is 1. The summed E-state index contributed by atoms with van der Waals surface area (Å²) >= 11 is 0. The van der Waals surface area contributed by atoms with Crippen LogP contribution < -0.4 is 0 Å². The van der Waals surface area contributed by atoms with Crippen LogP contribution in [0.3, 0.4) is 0 Å². The fraction of sp³-hybridized carbons (Fsp3) is 0.706. The third kappa shape index (κ3) is 3.16. The Labute approximate surface area is 147 Å². The third-order valence-corrected chi connectivity index (χ3v) is 5.86. The molecule has 0 bridgehead atoms. The number of piperidine rings is 1. The number of aliphatic carboxylic acids is 1. The Balaban J connectivity index is 1.67. The molecule has 25 heavy (non-hydrogen) atoms. The fourth-order valence-electron chi connectivity index (χ4n) is 4.26. The largest absolute Gasteiger partial charge is 0.481 e. The molecule has 2 fully saturated rings. The maximum atomic E-state index is 12.1. The van der Waals surface area contributed by atoms with Crippen LogP contribution in [0.15, 0.2) is 6.20 Å². The van der Waals surface area contributed by atoms with Gasteiger partial charge < -0.3 is 15.1 Å². The molecule has 0 aliphatic carbocycles. The maximum Gasteiger partial charge on any atom is 0.309 e. The van der Waals surface area contributed by atoms with Crippen molar-refractivity contribution in [3.05, 3.63) is 17.5 Å². The van der Waals surface area contributed by atoms with E-state index < -0.39 is 17.4 Å². The number of aliphatic hydroxyl groups excluding tert-OH is 1. The molecule has 2 N–H and O–H groups in total. The van der Waals surface area contributed by atoms with Gasteiger partial charge in [-0.3, -0.25) is 19.2 Å². The van der Waals surface area contributed by atoms with Crippen LogP contribution in [0.4, 0.5) is 0 Å². The molecule has 1 amide bonds. The lowest BCUT2D eigenvalue weighted by Crippen LogP contribution is -2.55. The molecule has 2 saturated heterocycles. The first kappa shape index (κ1) is 17.9. The molecule has 8 nitrogen and oxygen atoms in total. The number of hydrogen-bond acceptors (Lipinski definition) is 5. The highest BCUT2D eigenvalue weighted by molar-refractivity contribution is 5.88. The first-order valence-corrected chi connectivity index (χ1v) is 8.73. The summed E-state index contributed by atoms with van der Waals surface area (Å²) in [6.45, 7) is 4.76. The lowest BCUT2D eigenvalue weighted by Gasteiger charge is -2.45. The van der Waals surface area contributed by atoms with Gasteiger partial charge in [-0.15, -0.1) is 0 Å². The second kappa shape index (κ2) is 6.76. The smallest absolute Gasteiger partial charge is 0.309 e. The minimum Gasteiger partial charge on any atom is -0.481 e. The molecule has 0 aromatic carbocycles. The summed E-state index contributed by atoms with van der Waals surface area (Å²) in [5.74, 6) is -1.55. The Morgan fingerprint density at radius 1 is 1.40 bits per heavy atom. The SMILES string of the molecule is Cc1nn(CCO)cc1CN1CCC2(CC1)[C@H](C(=O)O)CC(=O)N2C. The Bertz CT molecular complexity index is 664.